The predicted molar refractivity (Wildman–Crippen MR) is 45.4 cm³/mol. The van der Waals surface area contributed by atoms with E-state index >= 15 is 0 Å². The maximum Gasteiger partial charge on any atom is 0.0774 e. The summed E-state index contributed by atoms with van der Waals surface area (Å²) < 4.78 is 12.5. The van der Waals surface area contributed by atoms with Gasteiger partial charge in [-0.3, -0.25) is 5.43 Å². The van der Waals surface area contributed by atoms with Gasteiger partial charge < -0.3 is 0 Å². The molecule has 0 aliphatic carbocycles. The van der Waals surface area contributed by atoms with Crippen LogP contribution in [-0.2, 0) is 0 Å². The van der Waals surface area contributed by atoms with Gasteiger partial charge in [0, 0.05) is 6.20 Å². The summed E-state index contributed by atoms with van der Waals surface area (Å²) in [5, 5.41) is 0.558. The Hall–Kier alpha value is -1.35. The summed E-state index contributed by atoms with van der Waals surface area (Å²) in [6, 6.07) is 9.76. The van der Waals surface area contributed by atoms with E-state index in [-0.39, 0.29) is 0 Å². The first kappa shape index (κ1) is 7.31. The summed E-state index contributed by atoms with van der Waals surface area (Å²) in [5.41, 5.74) is 4.50. The fraction of sp³-hybridized carbons (Fsp3) is 0.111. The third kappa shape index (κ3) is 1.31. The van der Waals surface area contributed by atoms with E-state index in [0.29, 0.717) is 11.8 Å². The fourth-order valence-corrected chi connectivity index (χ4v) is 1.22. The molecule has 1 aromatic rings. The van der Waals surface area contributed by atoms with Crippen molar-refractivity contribution in [1.82, 2.24) is 10.7 Å². The van der Waals surface area contributed by atoms with Gasteiger partial charge in [0.2, 0.25) is 0 Å². The van der Waals surface area contributed by atoms with Crippen LogP contribution in [0.2, 0.25) is 0 Å². The van der Waals surface area contributed by atoms with Gasteiger partial charge in [-0.1, -0.05) is 35.6 Å². The molecule has 2 rings (SSSR count). The van der Waals surface area contributed by atoms with E-state index in [0.717, 1.165) is 11.1 Å². The molecule has 0 amide bonds. The first-order valence-electron chi connectivity index (χ1n) is 3.80. The van der Waals surface area contributed by atoms with Crippen LogP contribution in [0.1, 0.15) is 5.56 Å². The first-order valence-corrected chi connectivity index (χ1v) is 3.80. The molecule has 0 bridgehead atoms. The summed E-state index contributed by atoms with van der Waals surface area (Å²) in [6.07, 6.45) is 1.68. The molecule has 0 spiro atoms. The minimum absolute atomic E-state index is 0.310. The molecule has 0 saturated heterocycles. The topological polar surface area (TPSA) is 15.3 Å². The largest absolute Gasteiger partial charge is 0.299 e. The van der Waals surface area contributed by atoms with Crippen LogP contribution in [0, 0.1) is 0 Å². The van der Waals surface area contributed by atoms with Crippen LogP contribution in [0.25, 0.3) is 5.57 Å². The Bertz CT molecular complexity index is 295. The van der Waals surface area contributed by atoms with Crippen molar-refractivity contribution in [3.8, 4) is 0 Å². The third-order valence-corrected chi connectivity index (χ3v) is 1.83. The lowest BCUT2D eigenvalue weighted by Gasteiger charge is -2.02. The van der Waals surface area contributed by atoms with Crippen LogP contribution >= 0.6 is 0 Å². The third-order valence-electron chi connectivity index (χ3n) is 1.83. The normalized spacial score (nSPS) is 17.2. The van der Waals surface area contributed by atoms with E-state index in [1.165, 1.54) is 0 Å². The zero-order chi connectivity index (χ0) is 8.39. The van der Waals surface area contributed by atoms with Gasteiger partial charge in [0.05, 0.1) is 6.54 Å². The molecule has 3 heteroatoms. The van der Waals surface area contributed by atoms with E-state index in [9.17, 15) is 4.48 Å². The highest BCUT2D eigenvalue weighted by molar-refractivity contribution is 5.67. The van der Waals surface area contributed by atoms with Gasteiger partial charge in [0.15, 0.2) is 0 Å². The maximum absolute atomic E-state index is 12.5. The molecule has 1 aromatic carbocycles. The molecule has 62 valence electrons. The second-order valence-electron chi connectivity index (χ2n) is 2.68. The van der Waals surface area contributed by atoms with E-state index in [1.54, 1.807) is 6.20 Å². The molecule has 0 fully saturated rings. The molecule has 1 aliphatic heterocycles. The first-order chi connectivity index (χ1) is 5.86. The van der Waals surface area contributed by atoms with Crippen molar-refractivity contribution in [2.24, 2.45) is 0 Å². The van der Waals surface area contributed by atoms with Crippen LogP contribution in [0.5, 0.6) is 0 Å². The van der Waals surface area contributed by atoms with E-state index in [4.69, 9.17) is 0 Å². The van der Waals surface area contributed by atoms with Crippen molar-refractivity contribution < 1.29 is 4.48 Å². The van der Waals surface area contributed by atoms with Gasteiger partial charge >= 0.3 is 0 Å². The number of nitrogens with zero attached hydrogens (tertiary/aromatic N) is 1. The molecule has 1 aliphatic rings. The van der Waals surface area contributed by atoms with Crippen LogP contribution in [0.4, 0.5) is 4.48 Å². The molecule has 0 saturated carbocycles. The zero-order valence-corrected chi connectivity index (χ0v) is 6.50. The van der Waals surface area contributed by atoms with E-state index < -0.39 is 0 Å². The molecule has 0 unspecified atom stereocenters. The Morgan fingerprint density at radius 1 is 1.25 bits per heavy atom. The number of hydrazine groups is 1. The summed E-state index contributed by atoms with van der Waals surface area (Å²) >= 11 is 0. The Balaban J connectivity index is 2.22. The highest BCUT2D eigenvalue weighted by atomic mass is 19.2. The number of hydrogen-bond acceptors (Lipinski definition) is 2. The van der Waals surface area contributed by atoms with Gasteiger partial charge in [0.1, 0.15) is 0 Å². The quantitative estimate of drug-likeness (QED) is 0.636. The Kier molecular flexibility index (Phi) is 1.80. The monoisotopic (exact) mass is 164 g/mol. The lowest BCUT2D eigenvalue weighted by atomic mass is 10.1. The highest BCUT2D eigenvalue weighted by Gasteiger charge is 2.13. The summed E-state index contributed by atoms with van der Waals surface area (Å²) in [6.45, 7) is 0.310. The van der Waals surface area contributed by atoms with Crippen LogP contribution < -0.4 is 5.43 Å². The number of benzene rings is 1. The Labute approximate surface area is 70.2 Å². The van der Waals surface area contributed by atoms with Gasteiger partial charge in [-0.05, 0) is 11.1 Å². The fourth-order valence-electron chi connectivity index (χ4n) is 1.22. The molecular weight excluding hydrogens is 155 g/mol. The molecule has 1 N–H and O–H groups in total. The van der Waals surface area contributed by atoms with E-state index in [1.807, 2.05) is 30.3 Å². The lowest BCUT2D eigenvalue weighted by molar-refractivity contribution is 0.0117. The number of halogens is 1. The van der Waals surface area contributed by atoms with Crippen molar-refractivity contribution in [2.45, 2.75) is 0 Å². The minimum atomic E-state index is 0.310. The number of nitrogens with one attached hydrogen (secondary N) is 1. The average molecular weight is 164 g/mol. The zero-order valence-electron chi connectivity index (χ0n) is 6.50. The SMILES string of the molecule is FN1CC(c2ccccc2)=CN1. The summed E-state index contributed by atoms with van der Waals surface area (Å²) in [7, 11) is 0. The van der Waals surface area contributed by atoms with Crippen molar-refractivity contribution in [2.75, 3.05) is 6.54 Å². The Morgan fingerprint density at radius 2 is 2.00 bits per heavy atom. The van der Waals surface area contributed by atoms with Crippen molar-refractivity contribution >= 4 is 5.57 Å². The van der Waals surface area contributed by atoms with Gasteiger partial charge in [-0.2, -0.15) is 0 Å². The van der Waals surface area contributed by atoms with Gasteiger partial charge in [-0.15, -0.1) is 4.48 Å². The lowest BCUT2D eigenvalue weighted by Crippen LogP contribution is -2.19. The van der Waals surface area contributed by atoms with Gasteiger partial charge in [-0.25, -0.2) is 0 Å². The van der Waals surface area contributed by atoms with Crippen LogP contribution in [0.3, 0.4) is 0 Å². The predicted octanol–water partition coefficient (Wildman–Crippen LogP) is 1.73. The molecule has 2 nitrogen and oxygen atoms in total. The van der Waals surface area contributed by atoms with Crippen LogP contribution in [-0.4, -0.2) is 11.8 Å². The summed E-state index contributed by atoms with van der Waals surface area (Å²) in [4.78, 5) is 0. The van der Waals surface area contributed by atoms with E-state index in [2.05, 4.69) is 5.43 Å². The summed E-state index contributed by atoms with van der Waals surface area (Å²) in [5.74, 6) is 0. The minimum Gasteiger partial charge on any atom is -0.299 e. The standard InChI is InChI=1S/C9H9FN2/c10-12-7-9(6-11-12)8-4-2-1-3-5-8/h1-6,11H,7H2. The second kappa shape index (κ2) is 2.95. The number of hydrogen-bond donors (Lipinski definition) is 1. The molecular formula is C9H9FN2. The smallest absolute Gasteiger partial charge is 0.0774 e. The van der Waals surface area contributed by atoms with Crippen molar-refractivity contribution in [3.05, 3.63) is 42.1 Å². The van der Waals surface area contributed by atoms with Crippen LogP contribution in [0.15, 0.2) is 36.5 Å². The Morgan fingerprint density at radius 3 is 2.58 bits per heavy atom. The molecule has 1 heterocycles. The molecule has 0 atom stereocenters. The maximum atomic E-state index is 12.5. The van der Waals surface area contributed by atoms with Gasteiger partial charge in [0.25, 0.3) is 0 Å². The highest BCUT2D eigenvalue weighted by Crippen LogP contribution is 2.17. The molecule has 0 aromatic heterocycles. The van der Waals surface area contributed by atoms with Crippen molar-refractivity contribution in [3.63, 3.8) is 0 Å². The second-order valence-corrected chi connectivity index (χ2v) is 2.68. The van der Waals surface area contributed by atoms with Crippen molar-refractivity contribution in [1.29, 1.82) is 0 Å². The molecule has 0 radical (unpaired) electrons. The number of rotatable bonds is 1. The molecule has 12 heavy (non-hydrogen) atoms. The average Bonchev–Trinajstić information content (AvgIpc) is 2.54.